The molecule has 1 N–H and O–H groups in total. The van der Waals surface area contributed by atoms with Gasteiger partial charge in [0.1, 0.15) is 17.5 Å². The first kappa shape index (κ1) is 19.9. The first-order valence-electron chi connectivity index (χ1n) is 10.2. The van der Waals surface area contributed by atoms with Crippen molar-refractivity contribution < 1.29 is 4.79 Å². The summed E-state index contributed by atoms with van der Waals surface area (Å²) < 4.78 is 0. The first-order chi connectivity index (χ1) is 14.5. The molecule has 1 atom stereocenters. The van der Waals surface area contributed by atoms with Crippen LogP contribution in [0.1, 0.15) is 51.8 Å². The van der Waals surface area contributed by atoms with Crippen LogP contribution in [0, 0.1) is 20.8 Å². The smallest absolute Gasteiger partial charge is 0.255 e. The number of carbonyl (C=O) groups is 1. The van der Waals surface area contributed by atoms with Gasteiger partial charge in [0.05, 0.1) is 11.3 Å². The Hall–Kier alpha value is -3.35. The zero-order chi connectivity index (χ0) is 21.1. The number of aryl methyl sites for hydroxylation is 3. The fraction of sp³-hybridized carbons (Fsp3) is 0.348. The van der Waals surface area contributed by atoms with Crippen molar-refractivity contribution in [3.8, 4) is 0 Å². The highest BCUT2D eigenvalue weighted by atomic mass is 16.2. The monoisotopic (exact) mass is 402 g/mol. The molecule has 1 unspecified atom stereocenters. The van der Waals surface area contributed by atoms with Gasteiger partial charge >= 0.3 is 0 Å². The third kappa shape index (κ3) is 4.45. The molecule has 154 valence electrons. The van der Waals surface area contributed by atoms with Crippen molar-refractivity contribution >= 4 is 17.5 Å². The van der Waals surface area contributed by atoms with Gasteiger partial charge in [0.2, 0.25) is 0 Å². The second kappa shape index (κ2) is 8.57. The summed E-state index contributed by atoms with van der Waals surface area (Å²) in [7, 11) is 0. The Morgan fingerprint density at radius 2 is 1.97 bits per heavy atom. The predicted octanol–water partition coefficient (Wildman–Crippen LogP) is 3.96. The number of aromatic nitrogens is 4. The molecule has 0 radical (unpaired) electrons. The fourth-order valence-corrected chi connectivity index (χ4v) is 3.86. The summed E-state index contributed by atoms with van der Waals surface area (Å²) in [5.74, 6) is 2.40. The number of rotatable bonds is 4. The molecule has 7 nitrogen and oxygen atoms in total. The molecule has 1 fully saturated rings. The lowest BCUT2D eigenvalue weighted by atomic mass is 9.93. The number of pyridine rings is 2. The third-order valence-corrected chi connectivity index (χ3v) is 5.43. The van der Waals surface area contributed by atoms with Crippen molar-refractivity contribution in [3.63, 3.8) is 0 Å². The molecule has 4 heterocycles. The molecule has 3 aromatic heterocycles. The number of anilines is 2. The van der Waals surface area contributed by atoms with Crippen molar-refractivity contribution in [1.82, 2.24) is 24.8 Å². The zero-order valence-corrected chi connectivity index (χ0v) is 17.6. The minimum Gasteiger partial charge on any atom is -0.338 e. The molecule has 0 saturated carbocycles. The lowest BCUT2D eigenvalue weighted by Crippen LogP contribution is -2.39. The number of piperidine rings is 1. The van der Waals surface area contributed by atoms with Crippen LogP contribution >= 0.6 is 0 Å². The van der Waals surface area contributed by atoms with Crippen LogP contribution in [-0.4, -0.2) is 43.8 Å². The molecule has 1 amide bonds. The summed E-state index contributed by atoms with van der Waals surface area (Å²) in [6.07, 6.45) is 7.09. The number of nitrogens with zero attached hydrogens (tertiary/aromatic N) is 5. The highest BCUT2D eigenvalue weighted by Gasteiger charge is 2.27. The summed E-state index contributed by atoms with van der Waals surface area (Å²) in [5, 5.41) is 3.28. The SMILES string of the molecule is Cc1ccnc(Nc2cc(C3CCCN(C(=O)c4cnccc4C)C3)nc(C)n2)c1. The van der Waals surface area contributed by atoms with Gasteiger partial charge in [-0.05, 0) is 62.9 Å². The lowest BCUT2D eigenvalue weighted by molar-refractivity contribution is 0.0704. The molecule has 0 bridgehead atoms. The summed E-state index contributed by atoms with van der Waals surface area (Å²) in [4.78, 5) is 32.6. The third-order valence-electron chi connectivity index (χ3n) is 5.43. The first-order valence-corrected chi connectivity index (χ1v) is 10.2. The maximum Gasteiger partial charge on any atom is 0.255 e. The second-order valence-corrected chi connectivity index (χ2v) is 7.85. The molecule has 1 aliphatic heterocycles. The minimum absolute atomic E-state index is 0.0402. The van der Waals surface area contributed by atoms with E-state index in [0.29, 0.717) is 17.9 Å². The van der Waals surface area contributed by atoms with Crippen molar-refractivity contribution in [3.05, 3.63) is 71.1 Å². The van der Waals surface area contributed by atoms with E-state index >= 15 is 0 Å². The molecule has 3 aromatic rings. The Balaban J connectivity index is 1.54. The molecule has 1 saturated heterocycles. The Labute approximate surface area is 176 Å². The number of hydrogen-bond acceptors (Lipinski definition) is 6. The van der Waals surface area contributed by atoms with Crippen LogP contribution in [-0.2, 0) is 0 Å². The summed E-state index contributed by atoms with van der Waals surface area (Å²) in [6, 6.07) is 7.79. The Bertz CT molecular complexity index is 1070. The van der Waals surface area contributed by atoms with E-state index in [1.54, 1.807) is 18.6 Å². The van der Waals surface area contributed by atoms with Crippen molar-refractivity contribution in [1.29, 1.82) is 0 Å². The molecular formula is C23H26N6O. The average Bonchev–Trinajstić information content (AvgIpc) is 2.73. The van der Waals surface area contributed by atoms with E-state index in [2.05, 4.69) is 25.3 Å². The quantitative estimate of drug-likeness (QED) is 0.711. The van der Waals surface area contributed by atoms with Gasteiger partial charge in [-0.2, -0.15) is 0 Å². The van der Waals surface area contributed by atoms with Crippen LogP contribution in [0.4, 0.5) is 11.6 Å². The van der Waals surface area contributed by atoms with E-state index in [9.17, 15) is 4.79 Å². The highest BCUT2D eigenvalue weighted by Crippen LogP contribution is 2.28. The maximum atomic E-state index is 13.0. The molecule has 30 heavy (non-hydrogen) atoms. The van der Waals surface area contributed by atoms with Crippen LogP contribution in [0.15, 0.2) is 42.9 Å². The van der Waals surface area contributed by atoms with Crippen molar-refractivity contribution in [2.75, 3.05) is 18.4 Å². The minimum atomic E-state index is 0.0402. The second-order valence-electron chi connectivity index (χ2n) is 7.85. The van der Waals surface area contributed by atoms with Gasteiger partial charge in [-0.25, -0.2) is 15.0 Å². The maximum absolute atomic E-state index is 13.0. The van der Waals surface area contributed by atoms with E-state index in [4.69, 9.17) is 0 Å². The van der Waals surface area contributed by atoms with Gasteiger partial charge in [0.15, 0.2) is 0 Å². The van der Waals surface area contributed by atoms with Crippen molar-refractivity contribution in [2.24, 2.45) is 0 Å². The fourth-order valence-electron chi connectivity index (χ4n) is 3.86. The zero-order valence-electron chi connectivity index (χ0n) is 17.6. The Morgan fingerprint density at radius 3 is 2.77 bits per heavy atom. The normalized spacial score (nSPS) is 16.4. The number of nitrogens with one attached hydrogen (secondary N) is 1. The Kier molecular flexibility index (Phi) is 5.70. The molecular weight excluding hydrogens is 376 g/mol. The summed E-state index contributed by atoms with van der Waals surface area (Å²) in [5.41, 5.74) is 3.71. The van der Waals surface area contributed by atoms with Gasteiger partial charge in [-0.3, -0.25) is 9.78 Å². The molecule has 0 aliphatic carbocycles. The van der Waals surface area contributed by atoms with E-state index in [-0.39, 0.29) is 11.8 Å². The molecule has 7 heteroatoms. The summed E-state index contributed by atoms with van der Waals surface area (Å²) >= 11 is 0. The molecule has 0 aromatic carbocycles. The number of likely N-dealkylation sites (tertiary alicyclic amines) is 1. The van der Waals surface area contributed by atoms with E-state index in [1.807, 2.05) is 49.9 Å². The lowest BCUT2D eigenvalue weighted by Gasteiger charge is -2.33. The molecule has 0 spiro atoms. The van der Waals surface area contributed by atoms with Crippen LogP contribution in [0.25, 0.3) is 0 Å². The summed E-state index contributed by atoms with van der Waals surface area (Å²) in [6.45, 7) is 7.27. The number of carbonyl (C=O) groups excluding carboxylic acids is 1. The Morgan fingerprint density at radius 1 is 1.10 bits per heavy atom. The van der Waals surface area contributed by atoms with Gasteiger partial charge in [0, 0.05) is 43.7 Å². The van der Waals surface area contributed by atoms with Gasteiger partial charge in [-0.15, -0.1) is 0 Å². The van der Waals surface area contributed by atoms with Crippen LogP contribution in [0.3, 0.4) is 0 Å². The van der Waals surface area contributed by atoms with E-state index in [1.165, 1.54) is 0 Å². The van der Waals surface area contributed by atoms with E-state index < -0.39 is 0 Å². The van der Waals surface area contributed by atoms with Gasteiger partial charge in [-0.1, -0.05) is 0 Å². The number of amides is 1. The standard InChI is InChI=1S/C23H26N6O/c1-15-6-9-25-21(11-15)28-22-12-20(26-17(3)27-22)18-5-4-10-29(14-18)23(30)19-13-24-8-7-16(19)2/h6-9,11-13,18H,4-5,10,14H2,1-3H3,(H,25,26,27,28). The number of hydrogen-bond donors (Lipinski definition) is 1. The van der Waals surface area contributed by atoms with E-state index in [0.717, 1.165) is 47.8 Å². The highest BCUT2D eigenvalue weighted by molar-refractivity contribution is 5.95. The largest absolute Gasteiger partial charge is 0.338 e. The van der Waals surface area contributed by atoms with Crippen LogP contribution < -0.4 is 5.32 Å². The topological polar surface area (TPSA) is 83.9 Å². The predicted molar refractivity (Wildman–Crippen MR) is 116 cm³/mol. The van der Waals surface area contributed by atoms with Crippen LogP contribution in [0.5, 0.6) is 0 Å². The van der Waals surface area contributed by atoms with Crippen molar-refractivity contribution in [2.45, 2.75) is 39.5 Å². The van der Waals surface area contributed by atoms with Crippen LogP contribution in [0.2, 0.25) is 0 Å². The van der Waals surface area contributed by atoms with Gasteiger partial charge < -0.3 is 10.2 Å². The van der Waals surface area contributed by atoms with Gasteiger partial charge in [0.25, 0.3) is 5.91 Å². The average molecular weight is 403 g/mol. The molecule has 1 aliphatic rings. The molecule has 4 rings (SSSR count).